The van der Waals surface area contributed by atoms with E-state index in [1.807, 2.05) is 11.8 Å². The Hall–Kier alpha value is -5.25. The van der Waals surface area contributed by atoms with Gasteiger partial charge in [0.2, 0.25) is 0 Å². The molecule has 1 heterocycles. The molecule has 1 aliphatic heterocycles. The lowest BCUT2D eigenvalue weighted by molar-refractivity contribution is 0.609. The molecule has 0 fully saturated rings. The van der Waals surface area contributed by atoms with Crippen molar-refractivity contribution in [1.29, 1.82) is 0 Å². The number of rotatable bonds is 4. The molecular formula is C51H44N2S. The van der Waals surface area contributed by atoms with Crippen molar-refractivity contribution in [3.63, 3.8) is 0 Å². The molecule has 3 heteroatoms. The third-order valence-electron chi connectivity index (χ3n) is 13.2. The number of nitrogens with zero attached hydrogens (tertiary/aromatic N) is 1. The van der Waals surface area contributed by atoms with E-state index in [0.717, 1.165) is 19.3 Å². The molecule has 54 heavy (non-hydrogen) atoms. The monoisotopic (exact) mass is 716 g/mol. The summed E-state index contributed by atoms with van der Waals surface area (Å²) >= 11 is 1.94. The Balaban J connectivity index is 1.04. The molecule has 5 aliphatic rings. The molecule has 264 valence electrons. The largest absolute Gasteiger partial charge is 0.368 e. The Labute approximate surface area is 323 Å². The Morgan fingerprint density at radius 1 is 0.630 bits per heavy atom. The van der Waals surface area contributed by atoms with E-state index >= 15 is 0 Å². The SMILES string of the molecule is CC1(C)C2=CC(N(c3ccc4c(c3)CCc3ccc5c(c3-4)NC(c3ccccc3)S5)c3ccc4c(c3)C(C)(C)c3ccccc3-4)=CCC2c2ccccc21. The molecule has 0 amide bonds. The summed E-state index contributed by atoms with van der Waals surface area (Å²) < 4.78 is 0. The van der Waals surface area contributed by atoms with Crippen molar-refractivity contribution in [1.82, 2.24) is 0 Å². The Bertz CT molecular complexity index is 2610. The summed E-state index contributed by atoms with van der Waals surface area (Å²) in [6.07, 6.45) is 8.14. The maximum Gasteiger partial charge on any atom is 0.103 e. The second kappa shape index (κ2) is 11.6. The second-order valence-corrected chi connectivity index (χ2v) is 18.0. The Morgan fingerprint density at radius 3 is 2.19 bits per heavy atom. The maximum absolute atomic E-state index is 3.95. The van der Waals surface area contributed by atoms with Crippen LogP contribution >= 0.6 is 11.8 Å². The lowest BCUT2D eigenvalue weighted by Gasteiger charge is -2.34. The molecule has 0 aromatic heterocycles. The minimum atomic E-state index is -0.0736. The molecule has 6 aromatic carbocycles. The number of allylic oxidation sites excluding steroid dienone is 3. The van der Waals surface area contributed by atoms with Crippen LogP contribution in [0, 0.1) is 0 Å². The first-order valence-electron chi connectivity index (χ1n) is 19.6. The second-order valence-electron chi connectivity index (χ2n) is 16.8. The van der Waals surface area contributed by atoms with Gasteiger partial charge in [-0.25, -0.2) is 0 Å². The van der Waals surface area contributed by atoms with Gasteiger partial charge in [0.1, 0.15) is 5.37 Å². The molecule has 0 spiro atoms. The van der Waals surface area contributed by atoms with Gasteiger partial charge >= 0.3 is 0 Å². The van der Waals surface area contributed by atoms with Gasteiger partial charge in [-0.2, -0.15) is 0 Å². The summed E-state index contributed by atoms with van der Waals surface area (Å²) in [6.45, 7) is 9.62. The molecule has 11 rings (SSSR count). The Morgan fingerprint density at radius 2 is 1.33 bits per heavy atom. The van der Waals surface area contributed by atoms with Crippen LogP contribution in [0.25, 0.3) is 22.3 Å². The van der Waals surface area contributed by atoms with Gasteiger partial charge in [0.25, 0.3) is 0 Å². The van der Waals surface area contributed by atoms with E-state index in [4.69, 9.17) is 0 Å². The van der Waals surface area contributed by atoms with Gasteiger partial charge in [0, 0.05) is 44.3 Å². The van der Waals surface area contributed by atoms with Crippen molar-refractivity contribution in [2.45, 2.75) is 74.0 Å². The van der Waals surface area contributed by atoms with E-state index in [0.29, 0.717) is 5.92 Å². The molecule has 0 radical (unpaired) electrons. The Kier molecular flexibility index (Phi) is 6.93. The molecular weight excluding hydrogens is 673 g/mol. The van der Waals surface area contributed by atoms with Gasteiger partial charge in [-0.05, 0) is 111 Å². The third kappa shape index (κ3) is 4.61. The van der Waals surface area contributed by atoms with Crippen LogP contribution in [0.15, 0.2) is 156 Å². The summed E-state index contributed by atoms with van der Waals surface area (Å²) in [5.41, 5.74) is 21.9. The lowest BCUT2D eigenvalue weighted by atomic mass is 9.78. The number of nitrogens with one attached hydrogen (secondary N) is 1. The van der Waals surface area contributed by atoms with Crippen LogP contribution in [0.2, 0.25) is 0 Å². The number of benzene rings is 6. The van der Waals surface area contributed by atoms with Gasteiger partial charge in [-0.15, -0.1) is 0 Å². The van der Waals surface area contributed by atoms with E-state index < -0.39 is 0 Å². The van der Waals surface area contributed by atoms with Crippen molar-refractivity contribution in [2.75, 3.05) is 10.2 Å². The van der Waals surface area contributed by atoms with Crippen molar-refractivity contribution in [2.24, 2.45) is 0 Å². The molecule has 2 nitrogen and oxygen atoms in total. The first-order valence-corrected chi connectivity index (χ1v) is 20.5. The first-order chi connectivity index (χ1) is 26.3. The molecule has 6 aromatic rings. The van der Waals surface area contributed by atoms with E-state index in [-0.39, 0.29) is 16.2 Å². The van der Waals surface area contributed by atoms with Gasteiger partial charge in [0.15, 0.2) is 0 Å². The molecule has 4 aliphatic carbocycles. The van der Waals surface area contributed by atoms with Crippen LogP contribution in [0.3, 0.4) is 0 Å². The lowest BCUT2D eigenvalue weighted by Crippen LogP contribution is -2.23. The molecule has 1 N–H and O–H groups in total. The highest BCUT2D eigenvalue weighted by Crippen LogP contribution is 2.56. The van der Waals surface area contributed by atoms with Crippen LogP contribution in [0.5, 0.6) is 0 Å². The molecule has 2 atom stereocenters. The van der Waals surface area contributed by atoms with Crippen molar-refractivity contribution < 1.29 is 0 Å². The average molecular weight is 717 g/mol. The zero-order valence-corrected chi connectivity index (χ0v) is 32.2. The summed E-state index contributed by atoms with van der Waals surface area (Å²) in [4.78, 5) is 3.91. The minimum Gasteiger partial charge on any atom is -0.368 e. The summed E-state index contributed by atoms with van der Waals surface area (Å²) in [5.74, 6) is 0.433. The van der Waals surface area contributed by atoms with Crippen LogP contribution in [0.1, 0.15) is 84.4 Å². The van der Waals surface area contributed by atoms with E-state index in [9.17, 15) is 0 Å². The van der Waals surface area contributed by atoms with Crippen LogP contribution < -0.4 is 10.2 Å². The topological polar surface area (TPSA) is 15.3 Å². The highest BCUT2D eigenvalue weighted by molar-refractivity contribution is 8.00. The maximum atomic E-state index is 3.95. The summed E-state index contributed by atoms with van der Waals surface area (Å²) in [6, 6.07) is 48.2. The number of thioether (sulfide) groups is 1. The smallest absolute Gasteiger partial charge is 0.103 e. The van der Waals surface area contributed by atoms with Gasteiger partial charge < -0.3 is 10.2 Å². The van der Waals surface area contributed by atoms with E-state index in [1.54, 1.807) is 0 Å². The van der Waals surface area contributed by atoms with Crippen molar-refractivity contribution >= 4 is 28.8 Å². The zero-order chi connectivity index (χ0) is 36.3. The van der Waals surface area contributed by atoms with Gasteiger partial charge in [-0.1, -0.05) is 148 Å². The van der Waals surface area contributed by atoms with Gasteiger partial charge in [0.05, 0.1) is 5.69 Å². The highest BCUT2D eigenvalue weighted by Gasteiger charge is 2.43. The normalized spacial score (nSPS) is 20.2. The molecule has 0 saturated heterocycles. The third-order valence-corrected chi connectivity index (χ3v) is 14.4. The average Bonchev–Trinajstić information content (AvgIpc) is 3.82. The quantitative estimate of drug-likeness (QED) is 0.196. The van der Waals surface area contributed by atoms with Crippen LogP contribution in [-0.4, -0.2) is 0 Å². The number of hydrogen-bond donors (Lipinski definition) is 1. The van der Waals surface area contributed by atoms with Crippen LogP contribution in [-0.2, 0) is 23.7 Å². The van der Waals surface area contributed by atoms with Crippen molar-refractivity contribution in [3.05, 3.63) is 190 Å². The first kappa shape index (κ1) is 32.2. The standard InChI is InChI=1S/C51H44N2S/c1-50(2)42-16-10-8-14-38(42)40-25-22-35(29-44(40)50)53(36-23-26-41-39-15-9-11-17-43(39)51(3,4)45(41)30-36)34-21-24-37-33(28-34)19-18-31-20-27-46-48(47(31)37)52-49(54-46)32-12-6-5-7-13-32/h5-17,20-25,27-30,41,49,52H,18-19,26H2,1-4H3. The number of aryl methyl sites for hydroxylation is 2. The van der Waals surface area contributed by atoms with Crippen molar-refractivity contribution in [3.8, 4) is 22.3 Å². The number of anilines is 3. The molecule has 0 saturated carbocycles. The predicted octanol–water partition coefficient (Wildman–Crippen LogP) is 13.4. The number of hydrogen-bond acceptors (Lipinski definition) is 3. The van der Waals surface area contributed by atoms with E-state index in [2.05, 4.69) is 177 Å². The number of fused-ring (bicyclic) bond motifs is 11. The molecule has 0 bridgehead atoms. The van der Waals surface area contributed by atoms with E-state index in [1.165, 1.54) is 94.4 Å². The van der Waals surface area contributed by atoms with Gasteiger partial charge in [-0.3, -0.25) is 0 Å². The summed E-state index contributed by atoms with van der Waals surface area (Å²) in [7, 11) is 0. The fraction of sp³-hybridized carbons (Fsp3) is 0.216. The predicted molar refractivity (Wildman–Crippen MR) is 227 cm³/mol. The summed E-state index contributed by atoms with van der Waals surface area (Å²) in [5, 5.41) is 4.17. The fourth-order valence-corrected chi connectivity index (χ4v) is 11.6. The fourth-order valence-electron chi connectivity index (χ4n) is 10.4. The highest BCUT2D eigenvalue weighted by atomic mass is 32.2. The zero-order valence-electron chi connectivity index (χ0n) is 31.4. The molecule has 2 unspecified atom stereocenters. The minimum absolute atomic E-state index is 0.0173. The van der Waals surface area contributed by atoms with Crippen LogP contribution in [0.4, 0.5) is 17.1 Å².